The number of pyridine rings is 1. The molecule has 5 nitrogen and oxygen atoms in total. The number of fused-ring (bicyclic) bond motifs is 1. The Morgan fingerprint density at radius 2 is 1.82 bits per heavy atom. The number of amidine groups is 1. The molecule has 0 spiro atoms. The van der Waals surface area contributed by atoms with E-state index in [2.05, 4.69) is 66.1 Å². The molecule has 0 saturated carbocycles. The first-order chi connectivity index (χ1) is 13.7. The maximum absolute atomic E-state index is 5.96. The minimum atomic E-state index is 0.286. The minimum absolute atomic E-state index is 0.286. The number of hydrogen-bond acceptors (Lipinski definition) is 3. The fourth-order valence-electron chi connectivity index (χ4n) is 3.04. The van der Waals surface area contributed by atoms with Crippen LogP contribution in [0.2, 0.25) is 0 Å². The van der Waals surface area contributed by atoms with E-state index in [1.54, 1.807) is 18.5 Å². The molecule has 4 aromatic rings. The summed E-state index contributed by atoms with van der Waals surface area (Å²) in [5.41, 5.74) is 9.91. The molecule has 0 unspecified atom stereocenters. The number of halogens is 1. The second-order valence-electron chi connectivity index (χ2n) is 6.27. The molecule has 0 bridgehead atoms. The summed E-state index contributed by atoms with van der Waals surface area (Å²) in [5.74, 6) is 0.286. The molecular weight excluding hydrogens is 414 g/mol. The van der Waals surface area contributed by atoms with Gasteiger partial charge in [-0.05, 0) is 29.8 Å². The zero-order valence-corrected chi connectivity index (χ0v) is 16.6. The van der Waals surface area contributed by atoms with Gasteiger partial charge in [-0.2, -0.15) is 5.10 Å². The maximum atomic E-state index is 5.96. The number of benzene rings is 2. The van der Waals surface area contributed by atoms with Gasteiger partial charge in [-0.1, -0.05) is 58.4 Å². The van der Waals surface area contributed by atoms with Gasteiger partial charge < -0.3 is 10.3 Å². The van der Waals surface area contributed by atoms with E-state index >= 15 is 0 Å². The summed E-state index contributed by atoms with van der Waals surface area (Å²) in [4.78, 5) is 4.18. The number of rotatable bonds is 5. The third-order valence-electron chi connectivity index (χ3n) is 4.41. The number of para-hydroxylation sites is 1. The molecule has 0 radical (unpaired) electrons. The van der Waals surface area contributed by atoms with Crippen molar-refractivity contribution in [2.45, 2.75) is 6.54 Å². The van der Waals surface area contributed by atoms with Crippen LogP contribution in [-0.4, -0.2) is 21.6 Å². The predicted molar refractivity (Wildman–Crippen MR) is 118 cm³/mol. The van der Waals surface area contributed by atoms with Crippen LogP contribution in [0.4, 0.5) is 0 Å². The van der Waals surface area contributed by atoms with Crippen molar-refractivity contribution in [3.05, 3.63) is 100 Å². The van der Waals surface area contributed by atoms with Crippen LogP contribution in [0.1, 0.15) is 16.8 Å². The van der Waals surface area contributed by atoms with Crippen LogP contribution in [0.5, 0.6) is 0 Å². The highest BCUT2D eigenvalue weighted by Crippen LogP contribution is 2.23. The van der Waals surface area contributed by atoms with Gasteiger partial charge in [-0.25, -0.2) is 0 Å². The van der Waals surface area contributed by atoms with Gasteiger partial charge in [-0.15, -0.1) is 5.10 Å². The molecule has 0 aliphatic heterocycles. The first kappa shape index (κ1) is 18.1. The molecule has 138 valence electrons. The van der Waals surface area contributed by atoms with Gasteiger partial charge in [0.05, 0.1) is 6.21 Å². The first-order valence-electron chi connectivity index (χ1n) is 8.81. The highest BCUT2D eigenvalue weighted by molar-refractivity contribution is 9.10. The van der Waals surface area contributed by atoms with Gasteiger partial charge in [0.2, 0.25) is 0 Å². The van der Waals surface area contributed by atoms with E-state index in [9.17, 15) is 0 Å². The molecule has 28 heavy (non-hydrogen) atoms. The van der Waals surface area contributed by atoms with Crippen molar-refractivity contribution < 1.29 is 0 Å². The van der Waals surface area contributed by atoms with Crippen LogP contribution in [0.15, 0.2) is 93.8 Å². The SMILES string of the molecule is N/C(=N\N=C/c1cn(Cc2ccccc2Br)c2ccccc12)c1ccccn1. The standard InChI is InChI=1S/C22H18BrN5/c23-19-9-3-1-7-16(19)14-28-15-17(18-8-2-4-11-21(18)28)13-26-27-22(24)20-10-5-6-12-25-20/h1-13,15H,14H2,(H2,24,27)/b26-13-. The monoisotopic (exact) mass is 431 g/mol. The summed E-state index contributed by atoms with van der Waals surface area (Å²) in [6, 6.07) is 22.0. The summed E-state index contributed by atoms with van der Waals surface area (Å²) in [6.07, 6.45) is 5.49. The summed E-state index contributed by atoms with van der Waals surface area (Å²) >= 11 is 3.63. The molecule has 0 fully saturated rings. The number of hydrogen-bond donors (Lipinski definition) is 1. The van der Waals surface area contributed by atoms with Crippen LogP contribution >= 0.6 is 15.9 Å². The molecule has 0 amide bonds. The van der Waals surface area contributed by atoms with Crippen molar-refractivity contribution in [3.63, 3.8) is 0 Å². The second-order valence-corrected chi connectivity index (χ2v) is 7.12. The molecule has 2 aromatic heterocycles. The van der Waals surface area contributed by atoms with Gasteiger partial charge in [0.15, 0.2) is 5.84 Å². The summed E-state index contributed by atoms with van der Waals surface area (Å²) in [7, 11) is 0. The fourth-order valence-corrected chi connectivity index (χ4v) is 3.45. The topological polar surface area (TPSA) is 68.6 Å². The molecule has 4 rings (SSSR count). The van der Waals surface area contributed by atoms with Crippen molar-refractivity contribution in [1.29, 1.82) is 0 Å². The molecule has 0 saturated heterocycles. The van der Waals surface area contributed by atoms with Crippen molar-refractivity contribution >= 4 is 38.9 Å². The predicted octanol–water partition coefficient (Wildman–Crippen LogP) is 4.59. The maximum Gasteiger partial charge on any atom is 0.171 e. The van der Waals surface area contributed by atoms with Crippen LogP contribution in [0.3, 0.4) is 0 Å². The number of nitrogens with two attached hydrogens (primary N) is 1. The van der Waals surface area contributed by atoms with Gasteiger partial charge in [0, 0.05) is 39.9 Å². The average Bonchev–Trinajstić information content (AvgIpc) is 3.08. The lowest BCUT2D eigenvalue weighted by Gasteiger charge is -2.07. The van der Waals surface area contributed by atoms with Gasteiger partial charge in [-0.3, -0.25) is 4.98 Å². The highest BCUT2D eigenvalue weighted by atomic mass is 79.9. The lowest BCUT2D eigenvalue weighted by molar-refractivity contribution is 0.832. The van der Waals surface area contributed by atoms with Crippen LogP contribution < -0.4 is 5.73 Å². The molecule has 0 aliphatic rings. The Hall–Kier alpha value is -3.25. The normalized spacial score (nSPS) is 12.1. The number of aromatic nitrogens is 2. The third kappa shape index (κ3) is 3.87. The van der Waals surface area contributed by atoms with Crippen LogP contribution in [0.25, 0.3) is 10.9 Å². The summed E-state index contributed by atoms with van der Waals surface area (Å²) in [6.45, 7) is 0.759. The Morgan fingerprint density at radius 1 is 1.04 bits per heavy atom. The van der Waals surface area contributed by atoms with E-state index in [4.69, 9.17) is 5.73 Å². The van der Waals surface area contributed by atoms with Gasteiger partial charge in [0.1, 0.15) is 5.69 Å². The third-order valence-corrected chi connectivity index (χ3v) is 5.18. The van der Waals surface area contributed by atoms with Crippen LogP contribution in [-0.2, 0) is 6.54 Å². The second kappa shape index (κ2) is 8.19. The lowest BCUT2D eigenvalue weighted by atomic mass is 10.2. The van der Waals surface area contributed by atoms with E-state index < -0.39 is 0 Å². The Balaban J connectivity index is 1.66. The van der Waals surface area contributed by atoms with Crippen molar-refractivity contribution in [2.24, 2.45) is 15.9 Å². The van der Waals surface area contributed by atoms with E-state index in [-0.39, 0.29) is 5.84 Å². The van der Waals surface area contributed by atoms with Crippen molar-refractivity contribution in [1.82, 2.24) is 9.55 Å². The smallest absolute Gasteiger partial charge is 0.171 e. The Morgan fingerprint density at radius 3 is 2.64 bits per heavy atom. The minimum Gasteiger partial charge on any atom is -0.380 e. The molecule has 6 heteroatoms. The highest BCUT2D eigenvalue weighted by Gasteiger charge is 2.08. The van der Waals surface area contributed by atoms with Crippen molar-refractivity contribution in [2.75, 3.05) is 0 Å². The quantitative estimate of drug-likeness (QED) is 0.285. The molecule has 0 atom stereocenters. The largest absolute Gasteiger partial charge is 0.380 e. The van der Waals surface area contributed by atoms with E-state index in [0.29, 0.717) is 5.69 Å². The molecule has 2 aromatic carbocycles. The average molecular weight is 432 g/mol. The van der Waals surface area contributed by atoms with Gasteiger partial charge >= 0.3 is 0 Å². The molecule has 0 aliphatic carbocycles. The lowest BCUT2D eigenvalue weighted by Crippen LogP contribution is -2.14. The number of nitrogens with zero attached hydrogens (tertiary/aromatic N) is 4. The van der Waals surface area contributed by atoms with E-state index in [0.717, 1.165) is 27.5 Å². The zero-order valence-electron chi connectivity index (χ0n) is 15.0. The molecule has 2 N–H and O–H groups in total. The molecular formula is C22H18BrN5. The van der Waals surface area contributed by atoms with Gasteiger partial charge in [0.25, 0.3) is 0 Å². The fraction of sp³-hybridized carbons (Fsp3) is 0.0455. The first-order valence-corrected chi connectivity index (χ1v) is 9.61. The zero-order chi connectivity index (χ0) is 19.3. The van der Waals surface area contributed by atoms with E-state index in [1.807, 2.05) is 36.4 Å². The Labute approximate surface area is 171 Å². The summed E-state index contributed by atoms with van der Waals surface area (Å²) in [5, 5.41) is 9.39. The Bertz CT molecular complexity index is 1160. The molecule has 2 heterocycles. The van der Waals surface area contributed by atoms with Crippen molar-refractivity contribution in [3.8, 4) is 0 Å². The Kier molecular flexibility index (Phi) is 5.30. The van der Waals surface area contributed by atoms with E-state index in [1.165, 1.54) is 5.56 Å². The van der Waals surface area contributed by atoms with Crippen LogP contribution in [0, 0.1) is 0 Å². The summed E-state index contributed by atoms with van der Waals surface area (Å²) < 4.78 is 3.30.